The highest BCUT2D eigenvalue weighted by molar-refractivity contribution is 5.76. The fourth-order valence-corrected chi connectivity index (χ4v) is 4.45. The summed E-state index contributed by atoms with van der Waals surface area (Å²) in [4.78, 5) is 34.4. The molecule has 2 aliphatic heterocycles. The first-order chi connectivity index (χ1) is 14.7. The maximum Gasteiger partial charge on any atom is 0.490 e. The number of ether oxygens (including phenoxy) is 1. The first kappa shape index (κ1) is 22.9. The Kier molecular flexibility index (Phi) is 7.06. The van der Waals surface area contributed by atoms with Gasteiger partial charge in [0.05, 0.1) is 19.2 Å². The van der Waals surface area contributed by atoms with Gasteiger partial charge in [0.2, 0.25) is 5.88 Å². The number of carboxylic acids is 1. The Balaban J connectivity index is 0.000000339. The number of aromatic nitrogens is 2. The molecule has 1 aromatic rings. The van der Waals surface area contributed by atoms with Crippen molar-refractivity contribution < 1.29 is 32.6 Å². The van der Waals surface area contributed by atoms with Gasteiger partial charge in [-0.15, -0.1) is 0 Å². The minimum Gasteiger partial charge on any atom is -0.481 e. The standard InChI is InChI=1S/C17H25N5O2.C2HF3O2/c1-24-16-10-15(18-11-19-16)21-8-6-14-13(21)7-9-22(14)17(23)20-12-4-2-3-5-12;3-2(4,5)1(6)7/h10-14H,2-9H2,1H3,(H,20,23);(H,6,7)/t13-,14+;/m0./s1. The van der Waals surface area contributed by atoms with Gasteiger partial charge in [0.1, 0.15) is 12.1 Å². The van der Waals surface area contributed by atoms with Gasteiger partial charge in [0, 0.05) is 25.2 Å². The van der Waals surface area contributed by atoms with E-state index < -0.39 is 12.1 Å². The van der Waals surface area contributed by atoms with Crippen LogP contribution in [0.2, 0.25) is 0 Å². The van der Waals surface area contributed by atoms with Crippen molar-refractivity contribution >= 4 is 17.8 Å². The lowest BCUT2D eigenvalue weighted by Crippen LogP contribution is -2.47. The van der Waals surface area contributed by atoms with Crippen LogP contribution >= 0.6 is 0 Å². The molecule has 172 valence electrons. The highest BCUT2D eigenvalue weighted by atomic mass is 19.4. The van der Waals surface area contributed by atoms with Crippen LogP contribution in [0.3, 0.4) is 0 Å². The monoisotopic (exact) mass is 445 g/mol. The number of carbonyl (C=O) groups is 2. The van der Waals surface area contributed by atoms with E-state index in [9.17, 15) is 18.0 Å². The average Bonchev–Trinajstić information content (AvgIpc) is 3.45. The normalized spacial score (nSPS) is 23.2. The number of halogens is 3. The molecule has 4 rings (SSSR count). The van der Waals surface area contributed by atoms with Gasteiger partial charge in [-0.25, -0.2) is 19.6 Å². The molecule has 0 radical (unpaired) electrons. The number of aliphatic carboxylic acids is 1. The van der Waals surface area contributed by atoms with Crippen LogP contribution in [-0.2, 0) is 4.79 Å². The predicted molar refractivity (Wildman–Crippen MR) is 104 cm³/mol. The van der Waals surface area contributed by atoms with Crippen LogP contribution in [0.4, 0.5) is 23.8 Å². The Morgan fingerprint density at radius 2 is 1.77 bits per heavy atom. The van der Waals surface area contributed by atoms with Gasteiger partial charge in [-0.1, -0.05) is 12.8 Å². The van der Waals surface area contributed by atoms with Crippen molar-refractivity contribution in [3.63, 3.8) is 0 Å². The third-order valence-electron chi connectivity index (χ3n) is 5.89. The number of fused-ring (bicyclic) bond motifs is 1. The van der Waals surface area contributed by atoms with E-state index in [2.05, 4.69) is 20.2 Å². The molecule has 1 aromatic heterocycles. The number of alkyl halides is 3. The molecule has 2 N–H and O–H groups in total. The average molecular weight is 445 g/mol. The number of methoxy groups -OCH3 is 1. The summed E-state index contributed by atoms with van der Waals surface area (Å²) in [7, 11) is 1.61. The van der Waals surface area contributed by atoms with E-state index in [4.69, 9.17) is 14.6 Å². The zero-order valence-electron chi connectivity index (χ0n) is 17.1. The highest BCUT2D eigenvalue weighted by Gasteiger charge is 2.45. The van der Waals surface area contributed by atoms with Crippen molar-refractivity contribution in [2.75, 3.05) is 25.1 Å². The third kappa shape index (κ3) is 5.47. The van der Waals surface area contributed by atoms with E-state index in [1.807, 2.05) is 11.0 Å². The molecular formula is C19H26F3N5O4. The van der Waals surface area contributed by atoms with Gasteiger partial charge in [-0.2, -0.15) is 13.2 Å². The van der Waals surface area contributed by atoms with E-state index in [0.29, 0.717) is 18.0 Å². The molecular weight excluding hydrogens is 419 g/mol. The van der Waals surface area contributed by atoms with Crippen LogP contribution in [0, 0.1) is 0 Å². The van der Waals surface area contributed by atoms with Gasteiger partial charge in [-0.3, -0.25) is 0 Å². The smallest absolute Gasteiger partial charge is 0.481 e. The molecule has 9 nitrogen and oxygen atoms in total. The maximum absolute atomic E-state index is 12.6. The van der Waals surface area contributed by atoms with Crippen LogP contribution in [0.25, 0.3) is 0 Å². The van der Waals surface area contributed by atoms with E-state index in [1.54, 1.807) is 13.4 Å². The fraction of sp³-hybridized carbons (Fsp3) is 0.684. The van der Waals surface area contributed by atoms with Crippen LogP contribution in [-0.4, -0.2) is 76.5 Å². The molecule has 2 atom stereocenters. The summed E-state index contributed by atoms with van der Waals surface area (Å²) in [5.74, 6) is -1.28. The lowest BCUT2D eigenvalue weighted by molar-refractivity contribution is -0.192. The molecule has 0 spiro atoms. The number of nitrogens with one attached hydrogen (secondary N) is 1. The zero-order valence-corrected chi connectivity index (χ0v) is 17.1. The predicted octanol–water partition coefficient (Wildman–Crippen LogP) is 2.42. The number of hydrogen-bond acceptors (Lipinski definition) is 6. The minimum atomic E-state index is -5.08. The number of carbonyl (C=O) groups excluding carboxylic acids is 1. The molecule has 3 aliphatic rings. The summed E-state index contributed by atoms with van der Waals surface area (Å²) in [6.07, 6.45) is 3.17. The third-order valence-corrected chi connectivity index (χ3v) is 5.89. The quantitative estimate of drug-likeness (QED) is 0.736. The largest absolute Gasteiger partial charge is 0.490 e. The number of hydrogen-bond donors (Lipinski definition) is 2. The number of likely N-dealkylation sites (tertiary alicyclic amines) is 1. The SMILES string of the molecule is COc1cc(N2CC[C@@H]3[C@@H]2CCN3C(=O)NC2CCCC2)ncn1.O=C(O)C(F)(F)F. The maximum atomic E-state index is 12.6. The molecule has 12 heteroatoms. The van der Waals surface area contributed by atoms with Gasteiger partial charge in [0.15, 0.2) is 0 Å². The summed E-state index contributed by atoms with van der Waals surface area (Å²) in [6.45, 7) is 1.75. The summed E-state index contributed by atoms with van der Waals surface area (Å²) >= 11 is 0. The van der Waals surface area contributed by atoms with Crippen molar-refractivity contribution in [3.05, 3.63) is 12.4 Å². The Bertz CT molecular complexity index is 788. The molecule has 1 aliphatic carbocycles. The summed E-state index contributed by atoms with van der Waals surface area (Å²) in [5.41, 5.74) is 0. The van der Waals surface area contributed by atoms with Crippen LogP contribution in [0.5, 0.6) is 5.88 Å². The van der Waals surface area contributed by atoms with Crippen molar-refractivity contribution in [2.45, 2.75) is 62.8 Å². The molecule has 2 amide bonds. The van der Waals surface area contributed by atoms with Crippen LogP contribution < -0.4 is 15.0 Å². The van der Waals surface area contributed by atoms with E-state index >= 15 is 0 Å². The van der Waals surface area contributed by atoms with Crippen molar-refractivity contribution in [1.29, 1.82) is 0 Å². The zero-order chi connectivity index (χ0) is 22.6. The first-order valence-electron chi connectivity index (χ1n) is 10.2. The molecule has 31 heavy (non-hydrogen) atoms. The van der Waals surface area contributed by atoms with E-state index in [-0.39, 0.29) is 12.1 Å². The van der Waals surface area contributed by atoms with Gasteiger partial charge in [0.25, 0.3) is 0 Å². The molecule has 2 saturated heterocycles. The second-order valence-electron chi connectivity index (χ2n) is 7.75. The summed E-state index contributed by atoms with van der Waals surface area (Å²) < 4.78 is 36.9. The fourth-order valence-electron chi connectivity index (χ4n) is 4.45. The van der Waals surface area contributed by atoms with Gasteiger partial charge < -0.3 is 25.0 Å². The van der Waals surface area contributed by atoms with E-state index in [1.165, 1.54) is 12.8 Å². The molecule has 1 saturated carbocycles. The molecule has 0 unspecified atom stereocenters. The molecule has 3 fully saturated rings. The number of urea groups is 1. The number of nitrogens with zero attached hydrogens (tertiary/aromatic N) is 4. The van der Waals surface area contributed by atoms with E-state index in [0.717, 1.165) is 44.6 Å². The number of rotatable bonds is 3. The lowest BCUT2D eigenvalue weighted by Gasteiger charge is -2.27. The minimum absolute atomic E-state index is 0.122. The summed E-state index contributed by atoms with van der Waals surface area (Å²) in [5, 5.41) is 10.4. The van der Waals surface area contributed by atoms with Crippen LogP contribution in [0.15, 0.2) is 12.4 Å². The Morgan fingerprint density at radius 1 is 1.13 bits per heavy atom. The van der Waals surface area contributed by atoms with Gasteiger partial charge in [-0.05, 0) is 25.7 Å². The topological polar surface area (TPSA) is 108 Å². The second kappa shape index (κ2) is 9.56. The lowest BCUT2D eigenvalue weighted by atomic mass is 10.1. The number of anilines is 1. The van der Waals surface area contributed by atoms with Gasteiger partial charge >= 0.3 is 18.2 Å². The second-order valence-corrected chi connectivity index (χ2v) is 7.75. The van der Waals surface area contributed by atoms with Crippen molar-refractivity contribution in [3.8, 4) is 5.88 Å². The Hall–Kier alpha value is -2.79. The number of carboxylic acid groups (broad SMARTS) is 1. The summed E-state index contributed by atoms with van der Waals surface area (Å²) in [6, 6.07) is 3.01. The van der Waals surface area contributed by atoms with Crippen molar-refractivity contribution in [2.24, 2.45) is 0 Å². The van der Waals surface area contributed by atoms with Crippen molar-refractivity contribution in [1.82, 2.24) is 20.2 Å². The van der Waals surface area contributed by atoms with Crippen LogP contribution in [0.1, 0.15) is 38.5 Å². The Morgan fingerprint density at radius 3 is 2.39 bits per heavy atom. The number of amides is 2. The molecule has 0 bridgehead atoms. The Labute approximate surface area is 177 Å². The highest BCUT2D eigenvalue weighted by Crippen LogP contribution is 2.35. The molecule has 3 heterocycles. The first-order valence-corrected chi connectivity index (χ1v) is 10.2. The molecule has 0 aromatic carbocycles.